The number of aryl methyl sites for hydroxylation is 1. The largest absolute Gasteiger partial charge is 0.321 e. The van der Waals surface area contributed by atoms with Gasteiger partial charge in [-0.05, 0) is 36.6 Å². The zero-order valence-corrected chi connectivity index (χ0v) is 11.2. The summed E-state index contributed by atoms with van der Waals surface area (Å²) in [6.07, 6.45) is 4.33. The fourth-order valence-corrected chi connectivity index (χ4v) is 2.05. The molecule has 0 aliphatic heterocycles. The second-order valence-corrected chi connectivity index (χ2v) is 4.97. The van der Waals surface area contributed by atoms with Crippen LogP contribution < -0.4 is 5.73 Å². The van der Waals surface area contributed by atoms with E-state index in [4.69, 9.17) is 5.73 Å². The zero-order valence-electron chi connectivity index (χ0n) is 9.60. The van der Waals surface area contributed by atoms with Crippen molar-refractivity contribution in [2.24, 2.45) is 5.73 Å². The van der Waals surface area contributed by atoms with Crippen LogP contribution in [0.2, 0.25) is 0 Å². The Morgan fingerprint density at radius 1 is 1.29 bits per heavy atom. The number of nitrogens with zero attached hydrogens (tertiary/aromatic N) is 2. The van der Waals surface area contributed by atoms with Gasteiger partial charge in [-0.3, -0.25) is 0 Å². The number of hydrogen-bond donors (Lipinski definition) is 1. The molecule has 0 aliphatic carbocycles. The van der Waals surface area contributed by atoms with Gasteiger partial charge in [0.25, 0.3) is 0 Å². The molecule has 1 unspecified atom stereocenters. The van der Waals surface area contributed by atoms with Crippen LogP contribution in [0.4, 0.5) is 0 Å². The van der Waals surface area contributed by atoms with Crippen molar-refractivity contribution in [3.63, 3.8) is 0 Å². The Labute approximate surface area is 109 Å². The van der Waals surface area contributed by atoms with E-state index in [9.17, 15) is 0 Å². The molecule has 17 heavy (non-hydrogen) atoms. The predicted molar refractivity (Wildman–Crippen MR) is 71.5 cm³/mol. The van der Waals surface area contributed by atoms with E-state index in [0.29, 0.717) is 5.82 Å². The third kappa shape index (κ3) is 3.35. The maximum atomic E-state index is 6.09. The van der Waals surface area contributed by atoms with Crippen LogP contribution in [0, 0.1) is 6.92 Å². The molecule has 1 atom stereocenters. The van der Waals surface area contributed by atoms with Crippen LogP contribution in [-0.2, 0) is 6.42 Å². The van der Waals surface area contributed by atoms with Crippen LogP contribution in [0.5, 0.6) is 0 Å². The summed E-state index contributed by atoms with van der Waals surface area (Å²) in [5.41, 5.74) is 8.31. The number of aromatic nitrogens is 2. The van der Waals surface area contributed by atoms with Crippen LogP contribution >= 0.6 is 15.9 Å². The molecule has 3 nitrogen and oxygen atoms in total. The average molecular weight is 292 g/mol. The summed E-state index contributed by atoms with van der Waals surface area (Å²) in [5, 5.41) is 0. The Kier molecular flexibility index (Phi) is 3.86. The maximum absolute atomic E-state index is 6.09. The first-order chi connectivity index (χ1) is 8.15. The second-order valence-electron chi connectivity index (χ2n) is 4.06. The van der Waals surface area contributed by atoms with Crippen molar-refractivity contribution in [3.05, 3.63) is 58.1 Å². The van der Waals surface area contributed by atoms with E-state index in [1.165, 1.54) is 5.56 Å². The summed E-state index contributed by atoms with van der Waals surface area (Å²) in [6.45, 7) is 1.96. The number of hydrogen-bond acceptors (Lipinski definition) is 3. The molecule has 0 radical (unpaired) electrons. The molecular formula is C13H14BrN3. The minimum absolute atomic E-state index is 0.162. The van der Waals surface area contributed by atoms with Crippen molar-refractivity contribution in [1.29, 1.82) is 0 Å². The van der Waals surface area contributed by atoms with E-state index in [2.05, 4.69) is 38.0 Å². The molecule has 0 saturated carbocycles. The molecule has 1 heterocycles. The van der Waals surface area contributed by atoms with Crippen molar-refractivity contribution in [1.82, 2.24) is 9.97 Å². The van der Waals surface area contributed by atoms with Gasteiger partial charge < -0.3 is 5.73 Å². The monoisotopic (exact) mass is 291 g/mol. The highest BCUT2D eigenvalue weighted by atomic mass is 79.9. The summed E-state index contributed by atoms with van der Waals surface area (Å²) in [6, 6.07) is 7.96. The van der Waals surface area contributed by atoms with E-state index >= 15 is 0 Å². The zero-order chi connectivity index (χ0) is 12.3. The minimum atomic E-state index is -0.162. The molecule has 2 rings (SSSR count). The number of benzene rings is 1. The van der Waals surface area contributed by atoms with Gasteiger partial charge in [0.2, 0.25) is 0 Å². The first kappa shape index (κ1) is 12.2. The van der Waals surface area contributed by atoms with Crippen molar-refractivity contribution in [2.45, 2.75) is 19.4 Å². The summed E-state index contributed by atoms with van der Waals surface area (Å²) < 4.78 is 1.06. The summed E-state index contributed by atoms with van der Waals surface area (Å²) in [7, 11) is 0. The number of nitrogens with two attached hydrogens (primary N) is 1. The minimum Gasteiger partial charge on any atom is -0.321 e. The lowest BCUT2D eigenvalue weighted by Gasteiger charge is -2.10. The number of rotatable bonds is 3. The van der Waals surface area contributed by atoms with Crippen molar-refractivity contribution < 1.29 is 0 Å². The van der Waals surface area contributed by atoms with E-state index in [-0.39, 0.29) is 6.04 Å². The fraction of sp³-hybridized carbons (Fsp3) is 0.231. The molecule has 2 N–H and O–H groups in total. The highest BCUT2D eigenvalue weighted by molar-refractivity contribution is 9.10. The van der Waals surface area contributed by atoms with Gasteiger partial charge in [-0.1, -0.05) is 28.1 Å². The van der Waals surface area contributed by atoms with Gasteiger partial charge in [-0.2, -0.15) is 0 Å². The quantitative estimate of drug-likeness (QED) is 0.946. The Bertz CT molecular complexity index is 496. The molecule has 0 bridgehead atoms. The van der Waals surface area contributed by atoms with Crippen molar-refractivity contribution in [3.8, 4) is 0 Å². The standard InChI is InChI=1S/C13H14BrN3/c1-9-7-16-13(17-8-9)12(15)6-10-3-2-4-11(14)5-10/h2-5,7-8,12H,6,15H2,1H3. The Morgan fingerprint density at radius 2 is 2.00 bits per heavy atom. The third-order valence-electron chi connectivity index (χ3n) is 2.48. The highest BCUT2D eigenvalue weighted by Crippen LogP contribution is 2.16. The van der Waals surface area contributed by atoms with Gasteiger partial charge in [0.05, 0.1) is 6.04 Å². The molecule has 0 fully saturated rings. The molecule has 0 spiro atoms. The van der Waals surface area contributed by atoms with Gasteiger partial charge in [0.1, 0.15) is 5.82 Å². The smallest absolute Gasteiger partial charge is 0.145 e. The molecule has 1 aromatic carbocycles. The van der Waals surface area contributed by atoms with Gasteiger partial charge in [-0.25, -0.2) is 9.97 Å². The second kappa shape index (κ2) is 5.38. The lowest BCUT2D eigenvalue weighted by atomic mass is 10.1. The highest BCUT2D eigenvalue weighted by Gasteiger charge is 2.09. The first-order valence-electron chi connectivity index (χ1n) is 5.44. The van der Waals surface area contributed by atoms with Crippen molar-refractivity contribution >= 4 is 15.9 Å². The van der Waals surface area contributed by atoms with E-state index < -0.39 is 0 Å². The maximum Gasteiger partial charge on any atom is 0.145 e. The van der Waals surface area contributed by atoms with E-state index in [1.54, 1.807) is 12.4 Å². The first-order valence-corrected chi connectivity index (χ1v) is 6.23. The predicted octanol–water partition coefficient (Wildman–Crippen LogP) is 2.79. The number of halogens is 1. The SMILES string of the molecule is Cc1cnc(C(N)Cc2cccc(Br)c2)nc1. The molecule has 2 aromatic rings. The van der Waals surface area contributed by atoms with Gasteiger partial charge in [0, 0.05) is 16.9 Å². The van der Waals surface area contributed by atoms with Crippen LogP contribution in [0.3, 0.4) is 0 Å². The normalized spacial score (nSPS) is 12.4. The average Bonchev–Trinajstić information content (AvgIpc) is 2.29. The van der Waals surface area contributed by atoms with Crippen LogP contribution in [0.25, 0.3) is 0 Å². The lowest BCUT2D eigenvalue weighted by Crippen LogP contribution is -2.16. The van der Waals surface area contributed by atoms with Crippen LogP contribution in [0.1, 0.15) is 23.0 Å². The van der Waals surface area contributed by atoms with E-state index in [0.717, 1.165) is 16.5 Å². The van der Waals surface area contributed by atoms with E-state index in [1.807, 2.05) is 19.1 Å². The Balaban J connectivity index is 2.11. The third-order valence-corrected chi connectivity index (χ3v) is 2.97. The van der Waals surface area contributed by atoms with Crippen LogP contribution in [0.15, 0.2) is 41.1 Å². The molecular weight excluding hydrogens is 278 g/mol. The molecule has 0 aliphatic rings. The summed E-state index contributed by atoms with van der Waals surface area (Å²) >= 11 is 3.45. The molecule has 0 amide bonds. The van der Waals surface area contributed by atoms with Gasteiger partial charge in [0.15, 0.2) is 0 Å². The summed E-state index contributed by atoms with van der Waals surface area (Å²) in [5.74, 6) is 0.690. The van der Waals surface area contributed by atoms with Gasteiger partial charge >= 0.3 is 0 Å². The van der Waals surface area contributed by atoms with Crippen molar-refractivity contribution in [2.75, 3.05) is 0 Å². The summed E-state index contributed by atoms with van der Waals surface area (Å²) in [4.78, 5) is 8.50. The molecule has 88 valence electrons. The fourth-order valence-electron chi connectivity index (χ4n) is 1.60. The van der Waals surface area contributed by atoms with Crippen LogP contribution in [-0.4, -0.2) is 9.97 Å². The lowest BCUT2D eigenvalue weighted by molar-refractivity contribution is 0.665. The van der Waals surface area contributed by atoms with Gasteiger partial charge in [-0.15, -0.1) is 0 Å². The molecule has 4 heteroatoms. The molecule has 0 saturated heterocycles. The Hall–Kier alpha value is -1.26. The Morgan fingerprint density at radius 3 is 2.65 bits per heavy atom. The topological polar surface area (TPSA) is 51.8 Å². The molecule has 1 aromatic heterocycles.